The van der Waals surface area contributed by atoms with Gasteiger partial charge in [-0.2, -0.15) is 0 Å². The third-order valence-corrected chi connectivity index (χ3v) is 4.36. The first-order valence-electron chi connectivity index (χ1n) is 7.67. The van der Waals surface area contributed by atoms with E-state index in [1.165, 1.54) is 4.90 Å². The second-order valence-corrected chi connectivity index (χ2v) is 5.79. The number of anilines is 1. The van der Waals surface area contributed by atoms with Gasteiger partial charge in [0.1, 0.15) is 5.52 Å². The van der Waals surface area contributed by atoms with E-state index in [2.05, 4.69) is 10.3 Å². The Morgan fingerprint density at radius 2 is 2.00 bits per heavy atom. The molecule has 118 valence electrons. The summed E-state index contributed by atoms with van der Waals surface area (Å²) in [5.74, 6) is 0.801. The third-order valence-electron chi connectivity index (χ3n) is 4.36. The van der Waals surface area contributed by atoms with E-state index in [-0.39, 0.29) is 6.04 Å². The van der Waals surface area contributed by atoms with Gasteiger partial charge in [0.25, 0.3) is 0 Å². The van der Waals surface area contributed by atoms with Crippen LogP contribution in [0.15, 0.2) is 36.8 Å². The molecule has 4 rings (SSSR count). The minimum atomic E-state index is -0.842. The van der Waals surface area contributed by atoms with Crippen LogP contribution in [-0.4, -0.2) is 49.6 Å². The molecule has 1 amide bonds. The van der Waals surface area contributed by atoms with Crippen molar-refractivity contribution in [2.24, 2.45) is 0 Å². The summed E-state index contributed by atoms with van der Waals surface area (Å²) >= 11 is 0. The SMILES string of the molecule is O=C(O)N1CCC(Nc2nc3ccccc3n3cncc23)CC1. The van der Waals surface area contributed by atoms with Crippen molar-refractivity contribution in [3.8, 4) is 0 Å². The zero-order valence-corrected chi connectivity index (χ0v) is 12.5. The number of carboxylic acid groups (broad SMARTS) is 1. The molecule has 1 aliphatic rings. The Morgan fingerprint density at radius 1 is 1.22 bits per heavy atom. The van der Waals surface area contributed by atoms with Crippen molar-refractivity contribution in [1.82, 2.24) is 19.3 Å². The maximum atomic E-state index is 11.0. The van der Waals surface area contributed by atoms with Crippen LogP contribution in [0, 0.1) is 0 Å². The highest BCUT2D eigenvalue weighted by Gasteiger charge is 2.23. The van der Waals surface area contributed by atoms with Gasteiger partial charge in [-0.25, -0.2) is 14.8 Å². The Morgan fingerprint density at radius 3 is 2.78 bits per heavy atom. The van der Waals surface area contributed by atoms with Gasteiger partial charge in [-0.05, 0) is 25.0 Å². The van der Waals surface area contributed by atoms with Crippen molar-refractivity contribution >= 4 is 28.5 Å². The molecule has 0 spiro atoms. The summed E-state index contributed by atoms with van der Waals surface area (Å²) in [5, 5.41) is 12.5. The van der Waals surface area contributed by atoms with Crippen LogP contribution in [0.3, 0.4) is 0 Å². The Balaban J connectivity index is 1.64. The molecule has 2 aromatic heterocycles. The molecule has 1 saturated heterocycles. The minimum absolute atomic E-state index is 0.220. The summed E-state index contributed by atoms with van der Waals surface area (Å²) in [5.41, 5.74) is 2.86. The Bertz CT molecular complexity index is 867. The fourth-order valence-electron chi connectivity index (χ4n) is 3.12. The molecule has 0 bridgehead atoms. The van der Waals surface area contributed by atoms with Crippen molar-refractivity contribution < 1.29 is 9.90 Å². The number of nitrogens with one attached hydrogen (secondary N) is 1. The van der Waals surface area contributed by atoms with Gasteiger partial charge in [0.15, 0.2) is 5.82 Å². The van der Waals surface area contributed by atoms with Crippen LogP contribution in [0.4, 0.5) is 10.6 Å². The van der Waals surface area contributed by atoms with Gasteiger partial charge in [-0.1, -0.05) is 12.1 Å². The van der Waals surface area contributed by atoms with Gasteiger partial charge >= 0.3 is 6.09 Å². The summed E-state index contributed by atoms with van der Waals surface area (Å²) in [6, 6.07) is 8.17. The van der Waals surface area contributed by atoms with Gasteiger partial charge in [0.05, 0.1) is 23.6 Å². The van der Waals surface area contributed by atoms with Crippen LogP contribution >= 0.6 is 0 Å². The van der Waals surface area contributed by atoms with E-state index in [0.29, 0.717) is 13.1 Å². The van der Waals surface area contributed by atoms with E-state index in [1.54, 1.807) is 12.5 Å². The van der Waals surface area contributed by atoms with Gasteiger partial charge in [-0.3, -0.25) is 4.40 Å². The van der Waals surface area contributed by atoms with Crippen LogP contribution < -0.4 is 5.32 Å². The van der Waals surface area contributed by atoms with Crippen molar-refractivity contribution in [3.63, 3.8) is 0 Å². The second kappa shape index (κ2) is 5.42. The lowest BCUT2D eigenvalue weighted by atomic mass is 10.1. The number of piperidine rings is 1. The molecule has 7 nitrogen and oxygen atoms in total. The highest BCUT2D eigenvalue weighted by Crippen LogP contribution is 2.23. The number of aromatic nitrogens is 3. The molecule has 2 N–H and O–H groups in total. The Hall–Kier alpha value is -2.83. The molecule has 3 heterocycles. The number of amides is 1. The molecule has 0 radical (unpaired) electrons. The van der Waals surface area contributed by atoms with Crippen molar-refractivity contribution in [1.29, 1.82) is 0 Å². The number of fused-ring (bicyclic) bond motifs is 3. The quantitative estimate of drug-likeness (QED) is 0.759. The molecular formula is C16H17N5O2. The summed E-state index contributed by atoms with van der Waals surface area (Å²) in [4.78, 5) is 21.4. The largest absolute Gasteiger partial charge is 0.465 e. The molecular weight excluding hydrogens is 294 g/mol. The highest BCUT2D eigenvalue weighted by atomic mass is 16.4. The molecule has 7 heteroatoms. The van der Waals surface area contributed by atoms with E-state index < -0.39 is 6.09 Å². The molecule has 3 aromatic rings. The minimum Gasteiger partial charge on any atom is -0.465 e. The van der Waals surface area contributed by atoms with Crippen LogP contribution in [-0.2, 0) is 0 Å². The zero-order chi connectivity index (χ0) is 15.8. The van der Waals surface area contributed by atoms with Crippen molar-refractivity contribution in [2.75, 3.05) is 18.4 Å². The number of para-hydroxylation sites is 2. The fraction of sp³-hybridized carbons (Fsp3) is 0.312. The maximum absolute atomic E-state index is 11.0. The molecule has 1 aromatic carbocycles. The first-order chi connectivity index (χ1) is 11.2. The van der Waals surface area contributed by atoms with Crippen LogP contribution in [0.2, 0.25) is 0 Å². The fourth-order valence-corrected chi connectivity index (χ4v) is 3.12. The van der Waals surface area contributed by atoms with Gasteiger partial charge in [-0.15, -0.1) is 0 Å². The van der Waals surface area contributed by atoms with E-state index in [0.717, 1.165) is 35.2 Å². The predicted octanol–water partition coefficient (Wildman–Crippen LogP) is 2.44. The second-order valence-electron chi connectivity index (χ2n) is 5.79. The standard InChI is InChI=1S/C16H17N5O2/c22-16(23)20-7-5-11(6-8-20)18-15-14-9-17-10-21(14)13-4-2-1-3-12(13)19-15/h1-4,9-11H,5-8H2,(H,18,19)(H,22,23). The number of hydrogen-bond acceptors (Lipinski definition) is 4. The molecule has 1 aliphatic heterocycles. The monoisotopic (exact) mass is 311 g/mol. The van der Waals surface area contributed by atoms with Crippen LogP contribution in [0.5, 0.6) is 0 Å². The number of nitrogens with zero attached hydrogens (tertiary/aromatic N) is 4. The average molecular weight is 311 g/mol. The van der Waals surface area contributed by atoms with Gasteiger partial charge in [0, 0.05) is 19.1 Å². The lowest BCUT2D eigenvalue weighted by molar-refractivity contribution is 0.134. The summed E-state index contributed by atoms with van der Waals surface area (Å²) in [7, 11) is 0. The van der Waals surface area contributed by atoms with Crippen LogP contribution in [0.25, 0.3) is 16.6 Å². The molecule has 0 saturated carbocycles. The van der Waals surface area contributed by atoms with Crippen molar-refractivity contribution in [2.45, 2.75) is 18.9 Å². The van der Waals surface area contributed by atoms with Gasteiger partial charge in [0.2, 0.25) is 0 Å². The van der Waals surface area contributed by atoms with Crippen molar-refractivity contribution in [3.05, 3.63) is 36.8 Å². The maximum Gasteiger partial charge on any atom is 0.407 e. The topological polar surface area (TPSA) is 82.8 Å². The number of likely N-dealkylation sites (tertiary alicyclic amines) is 1. The normalized spacial score (nSPS) is 16.1. The summed E-state index contributed by atoms with van der Waals surface area (Å²) < 4.78 is 2.02. The predicted molar refractivity (Wildman–Crippen MR) is 86.7 cm³/mol. The first-order valence-corrected chi connectivity index (χ1v) is 7.67. The smallest absolute Gasteiger partial charge is 0.407 e. The molecule has 23 heavy (non-hydrogen) atoms. The van der Waals surface area contributed by atoms with E-state index in [9.17, 15) is 4.79 Å². The van der Waals surface area contributed by atoms with E-state index in [4.69, 9.17) is 10.1 Å². The van der Waals surface area contributed by atoms with Gasteiger partial charge < -0.3 is 15.3 Å². The average Bonchev–Trinajstić information content (AvgIpc) is 3.06. The summed E-state index contributed by atoms with van der Waals surface area (Å²) in [6.07, 6.45) is 4.30. The third kappa shape index (κ3) is 2.44. The zero-order valence-electron chi connectivity index (χ0n) is 12.5. The number of benzene rings is 1. The number of hydrogen-bond donors (Lipinski definition) is 2. The highest BCUT2D eigenvalue weighted by molar-refractivity contribution is 5.84. The lowest BCUT2D eigenvalue weighted by Gasteiger charge is -2.30. The number of carbonyl (C=O) groups is 1. The molecule has 0 aliphatic carbocycles. The van der Waals surface area contributed by atoms with E-state index >= 15 is 0 Å². The van der Waals surface area contributed by atoms with Crippen LogP contribution in [0.1, 0.15) is 12.8 Å². The molecule has 0 atom stereocenters. The molecule has 1 fully saturated rings. The Labute approximate surface area is 132 Å². The Kier molecular flexibility index (Phi) is 3.25. The lowest BCUT2D eigenvalue weighted by Crippen LogP contribution is -2.41. The summed E-state index contributed by atoms with van der Waals surface area (Å²) in [6.45, 7) is 1.10. The van der Waals surface area contributed by atoms with E-state index in [1.807, 2.05) is 28.7 Å². The number of imidazole rings is 1. The first kappa shape index (κ1) is 13.8. The molecule has 0 unspecified atom stereocenters. The number of rotatable bonds is 2.